The number of carbonyl (C=O) groups excluding carboxylic acids is 2. The van der Waals surface area contributed by atoms with Gasteiger partial charge in [-0.3, -0.25) is 9.59 Å². The molecule has 5 nitrogen and oxygen atoms in total. The van der Waals surface area contributed by atoms with Gasteiger partial charge in [0.2, 0.25) is 5.91 Å². The zero-order valence-electron chi connectivity index (χ0n) is 10.3. The first-order valence-electron chi connectivity index (χ1n) is 5.87. The van der Waals surface area contributed by atoms with E-state index in [0.29, 0.717) is 31.8 Å². The zero-order valence-corrected chi connectivity index (χ0v) is 10.3. The Bertz CT molecular complexity index is 395. The molecule has 0 aromatic carbocycles. The molecule has 0 unspecified atom stereocenters. The lowest BCUT2D eigenvalue weighted by Gasteiger charge is -2.02. The molecule has 0 spiro atoms. The first kappa shape index (κ1) is 14.0. The molecule has 1 amide bonds. The fourth-order valence-electron chi connectivity index (χ4n) is 1.28. The summed E-state index contributed by atoms with van der Waals surface area (Å²) in [5, 5.41) is 2.67. The second-order valence-electron chi connectivity index (χ2n) is 3.55. The van der Waals surface area contributed by atoms with Crippen molar-refractivity contribution < 1.29 is 18.7 Å². The smallest absolute Gasteiger partial charge is 0.305 e. The second kappa shape index (κ2) is 8.11. The molecule has 5 heteroatoms. The molecular formula is C13H17NO4. The van der Waals surface area contributed by atoms with Crippen molar-refractivity contribution in [3.05, 3.63) is 30.2 Å². The highest BCUT2D eigenvalue weighted by Crippen LogP contribution is 2.01. The van der Waals surface area contributed by atoms with E-state index in [1.165, 1.54) is 12.3 Å². The summed E-state index contributed by atoms with van der Waals surface area (Å²) in [6, 6.07) is 3.50. The molecule has 0 saturated carbocycles. The van der Waals surface area contributed by atoms with Crippen LogP contribution in [0.2, 0.25) is 0 Å². The van der Waals surface area contributed by atoms with Gasteiger partial charge >= 0.3 is 5.97 Å². The van der Waals surface area contributed by atoms with Gasteiger partial charge in [-0.1, -0.05) is 0 Å². The lowest BCUT2D eigenvalue weighted by Crippen LogP contribution is -2.22. The predicted octanol–water partition coefficient (Wildman–Crippen LogP) is 1.75. The lowest BCUT2D eigenvalue weighted by molar-refractivity contribution is -0.143. The van der Waals surface area contributed by atoms with Gasteiger partial charge in [0, 0.05) is 19.0 Å². The third-order valence-corrected chi connectivity index (χ3v) is 2.10. The Hall–Kier alpha value is -2.04. The van der Waals surface area contributed by atoms with Crippen LogP contribution in [0.1, 0.15) is 25.5 Å². The van der Waals surface area contributed by atoms with Gasteiger partial charge in [-0.25, -0.2) is 0 Å². The lowest BCUT2D eigenvalue weighted by atomic mass is 10.3. The molecule has 1 aromatic rings. The molecule has 0 atom stereocenters. The summed E-state index contributed by atoms with van der Waals surface area (Å²) in [4.78, 5) is 22.4. The Morgan fingerprint density at radius 3 is 3.00 bits per heavy atom. The van der Waals surface area contributed by atoms with Crippen molar-refractivity contribution >= 4 is 18.0 Å². The second-order valence-corrected chi connectivity index (χ2v) is 3.55. The monoisotopic (exact) mass is 251 g/mol. The Kier molecular flexibility index (Phi) is 6.32. The molecule has 0 fully saturated rings. The van der Waals surface area contributed by atoms with Crippen LogP contribution in [0.5, 0.6) is 0 Å². The van der Waals surface area contributed by atoms with Gasteiger partial charge in [0.05, 0.1) is 12.9 Å². The molecule has 0 aliphatic carbocycles. The van der Waals surface area contributed by atoms with Crippen molar-refractivity contribution in [3.8, 4) is 0 Å². The SMILES string of the molecule is CCOC(=O)CCCNC(=O)C=Cc1ccco1. The standard InChI is InChI=1S/C13H17NO4/c1-2-17-13(16)6-3-9-14-12(15)8-7-11-5-4-10-18-11/h4-5,7-8,10H,2-3,6,9H2,1H3,(H,14,15). The van der Waals surface area contributed by atoms with Crippen LogP contribution in [0.25, 0.3) is 6.08 Å². The summed E-state index contributed by atoms with van der Waals surface area (Å²) in [7, 11) is 0. The molecular weight excluding hydrogens is 234 g/mol. The maximum Gasteiger partial charge on any atom is 0.305 e. The van der Waals surface area contributed by atoms with Crippen molar-refractivity contribution in [3.63, 3.8) is 0 Å². The van der Waals surface area contributed by atoms with Gasteiger partial charge in [0.15, 0.2) is 0 Å². The fourth-order valence-corrected chi connectivity index (χ4v) is 1.28. The van der Waals surface area contributed by atoms with E-state index in [2.05, 4.69) is 5.32 Å². The largest absolute Gasteiger partial charge is 0.466 e. The maximum absolute atomic E-state index is 11.4. The van der Waals surface area contributed by atoms with E-state index in [1.54, 1.807) is 25.1 Å². The van der Waals surface area contributed by atoms with Crippen molar-refractivity contribution in [1.82, 2.24) is 5.32 Å². The molecule has 1 heterocycles. The topological polar surface area (TPSA) is 68.5 Å². The molecule has 0 bridgehead atoms. The van der Waals surface area contributed by atoms with Gasteiger partial charge in [-0.15, -0.1) is 0 Å². The van der Waals surface area contributed by atoms with Crippen LogP contribution < -0.4 is 5.32 Å². The molecule has 1 N–H and O–H groups in total. The average molecular weight is 251 g/mol. The number of carbonyl (C=O) groups is 2. The third kappa shape index (κ3) is 5.89. The Morgan fingerprint density at radius 2 is 2.33 bits per heavy atom. The van der Waals surface area contributed by atoms with Gasteiger partial charge in [0.25, 0.3) is 0 Å². The summed E-state index contributed by atoms with van der Waals surface area (Å²) in [5.74, 6) is 0.171. The Morgan fingerprint density at radius 1 is 1.50 bits per heavy atom. The quantitative estimate of drug-likeness (QED) is 0.455. The molecule has 98 valence electrons. The van der Waals surface area contributed by atoms with Crippen LogP contribution in [0, 0.1) is 0 Å². The highest BCUT2D eigenvalue weighted by Gasteiger charge is 2.01. The normalized spacial score (nSPS) is 10.5. The van der Waals surface area contributed by atoms with Crippen LogP contribution in [0.3, 0.4) is 0 Å². The molecule has 0 saturated heterocycles. The fraction of sp³-hybridized carbons (Fsp3) is 0.385. The summed E-state index contributed by atoms with van der Waals surface area (Å²) in [6.07, 6.45) is 5.40. The highest BCUT2D eigenvalue weighted by molar-refractivity contribution is 5.91. The molecule has 0 aliphatic rings. The van der Waals surface area contributed by atoms with E-state index < -0.39 is 0 Å². The predicted molar refractivity (Wildman–Crippen MR) is 66.6 cm³/mol. The van der Waals surface area contributed by atoms with E-state index in [4.69, 9.17) is 9.15 Å². The number of rotatable bonds is 7. The number of esters is 1. The number of furan rings is 1. The van der Waals surface area contributed by atoms with E-state index in [9.17, 15) is 9.59 Å². The van der Waals surface area contributed by atoms with E-state index >= 15 is 0 Å². The minimum Gasteiger partial charge on any atom is -0.466 e. The molecule has 18 heavy (non-hydrogen) atoms. The first-order valence-corrected chi connectivity index (χ1v) is 5.87. The summed E-state index contributed by atoms with van der Waals surface area (Å²) in [5.41, 5.74) is 0. The molecule has 0 radical (unpaired) electrons. The van der Waals surface area contributed by atoms with Crippen molar-refractivity contribution in [2.45, 2.75) is 19.8 Å². The number of hydrogen-bond donors (Lipinski definition) is 1. The zero-order chi connectivity index (χ0) is 13.2. The van der Waals surface area contributed by atoms with Crippen molar-refractivity contribution in [2.75, 3.05) is 13.2 Å². The Balaban J connectivity index is 2.12. The molecule has 0 aliphatic heterocycles. The van der Waals surface area contributed by atoms with Crippen LogP contribution in [0.4, 0.5) is 0 Å². The number of nitrogens with one attached hydrogen (secondary N) is 1. The maximum atomic E-state index is 11.4. The number of hydrogen-bond acceptors (Lipinski definition) is 4. The van der Waals surface area contributed by atoms with Crippen molar-refractivity contribution in [1.29, 1.82) is 0 Å². The molecule has 1 rings (SSSR count). The van der Waals surface area contributed by atoms with E-state index in [0.717, 1.165) is 0 Å². The van der Waals surface area contributed by atoms with Gasteiger partial charge in [0.1, 0.15) is 5.76 Å². The van der Waals surface area contributed by atoms with Gasteiger partial charge < -0.3 is 14.5 Å². The highest BCUT2D eigenvalue weighted by atomic mass is 16.5. The van der Waals surface area contributed by atoms with Crippen molar-refractivity contribution in [2.24, 2.45) is 0 Å². The van der Waals surface area contributed by atoms with E-state index in [1.807, 2.05) is 0 Å². The number of amides is 1. The molecule has 1 aromatic heterocycles. The summed E-state index contributed by atoms with van der Waals surface area (Å²) >= 11 is 0. The summed E-state index contributed by atoms with van der Waals surface area (Å²) < 4.78 is 9.81. The van der Waals surface area contributed by atoms with Crippen LogP contribution in [0.15, 0.2) is 28.9 Å². The minimum absolute atomic E-state index is 0.213. The number of ether oxygens (including phenoxy) is 1. The first-order chi connectivity index (χ1) is 8.72. The minimum atomic E-state index is -0.238. The third-order valence-electron chi connectivity index (χ3n) is 2.10. The Labute approximate surface area is 106 Å². The van der Waals surface area contributed by atoms with E-state index in [-0.39, 0.29) is 11.9 Å². The van der Waals surface area contributed by atoms with Crippen LogP contribution in [-0.4, -0.2) is 25.0 Å². The van der Waals surface area contributed by atoms with Gasteiger partial charge in [-0.2, -0.15) is 0 Å². The summed E-state index contributed by atoms with van der Waals surface area (Å²) in [6.45, 7) is 2.59. The van der Waals surface area contributed by atoms with Crippen LogP contribution in [-0.2, 0) is 14.3 Å². The van der Waals surface area contributed by atoms with Crippen LogP contribution >= 0.6 is 0 Å². The van der Waals surface area contributed by atoms with Gasteiger partial charge in [-0.05, 0) is 31.6 Å². The average Bonchev–Trinajstić information content (AvgIpc) is 2.85.